The van der Waals surface area contributed by atoms with Crippen LogP contribution in [-0.2, 0) is 6.54 Å². The Labute approximate surface area is 147 Å². The van der Waals surface area contributed by atoms with Gasteiger partial charge in [-0.15, -0.1) is 0 Å². The van der Waals surface area contributed by atoms with Gasteiger partial charge < -0.3 is 4.98 Å². The van der Waals surface area contributed by atoms with Gasteiger partial charge in [0.05, 0.1) is 17.4 Å². The summed E-state index contributed by atoms with van der Waals surface area (Å²) in [5.41, 5.74) is 3.04. The zero-order valence-electron chi connectivity index (χ0n) is 14.4. The molecule has 1 atom stereocenters. The maximum absolute atomic E-state index is 4.74. The second-order valence-corrected chi connectivity index (χ2v) is 6.47. The van der Waals surface area contributed by atoms with Crippen LogP contribution in [0, 0.1) is 6.92 Å². The van der Waals surface area contributed by atoms with E-state index in [1.807, 2.05) is 31.5 Å². The minimum atomic E-state index is 0.297. The summed E-state index contributed by atoms with van der Waals surface area (Å²) < 4.78 is 0. The fourth-order valence-electron chi connectivity index (χ4n) is 3.50. The van der Waals surface area contributed by atoms with Gasteiger partial charge in [0.2, 0.25) is 0 Å². The molecule has 0 radical (unpaired) electrons. The van der Waals surface area contributed by atoms with E-state index in [1.54, 1.807) is 6.20 Å². The van der Waals surface area contributed by atoms with Crippen LogP contribution in [0.2, 0.25) is 0 Å². The number of aryl methyl sites for hydroxylation is 1. The van der Waals surface area contributed by atoms with Crippen molar-refractivity contribution in [3.63, 3.8) is 0 Å². The number of nitrogens with one attached hydrogen (secondary N) is 1. The first-order chi connectivity index (χ1) is 12.3. The normalized spacial score (nSPS) is 18.4. The molecule has 0 bridgehead atoms. The van der Waals surface area contributed by atoms with E-state index in [2.05, 4.69) is 37.0 Å². The van der Waals surface area contributed by atoms with Crippen LogP contribution in [0.1, 0.15) is 42.5 Å². The Hall–Kier alpha value is -2.60. The van der Waals surface area contributed by atoms with E-state index < -0.39 is 0 Å². The Morgan fingerprint density at radius 2 is 2.12 bits per heavy atom. The molecule has 0 aromatic carbocycles. The molecule has 3 aromatic rings. The van der Waals surface area contributed by atoms with E-state index >= 15 is 0 Å². The molecule has 0 spiro atoms. The minimum absolute atomic E-state index is 0.297. The van der Waals surface area contributed by atoms with Crippen LogP contribution >= 0.6 is 0 Å². The van der Waals surface area contributed by atoms with Crippen LogP contribution in [0.4, 0.5) is 0 Å². The summed E-state index contributed by atoms with van der Waals surface area (Å²) in [6.45, 7) is 3.87. The summed E-state index contributed by atoms with van der Waals surface area (Å²) in [7, 11) is 0. The third-order valence-corrected chi connectivity index (χ3v) is 4.64. The molecule has 25 heavy (non-hydrogen) atoms. The fourth-order valence-corrected chi connectivity index (χ4v) is 3.50. The number of aromatic nitrogens is 5. The third kappa shape index (κ3) is 3.58. The molecule has 0 saturated carbocycles. The zero-order valence-corrected chi connectivity index (χ0v) is 14.4. The van der Waals surface area contributed by atoms with Gasteiger partial charge in [-0.05, 0) is 44.5 Å². The maximum atomic E-state index is 4.74. The molecular formula is C19H22N6. The molecule has 6 nitrogen and oxygen atoms in total. The van der Waals surface area contributed by atoms with Crippen molar-refractivity contribution in [2.45, 2.75) is 38.8 Å². The monoisotopic (exact) mass is 334 g/mol. The molecule has 4 heterocycles. The lowest BCUT2D eigenvalue weighted by Crippen LogP contribution is -2.33. The Kier molecular flexibility index (Phi) is 4.52. The average molecular weight is 334 g/mol. The molecule has 1 aliphatic rings. The van der Waals surface area contributed by atoms with Gasteiger partial charge in [0.25, 0.3) is 0 Å². The molecule has 1 N–H and O–H groups in total. The number of hydrogen-bond donors (Lipinski definition) is 1. The number of aromatic amines is 1. The van der Waals surface area contributed by atoms with Gasteiger partial charge in [-0.25, -0.2) is 15.0 Å². The summed E-state index contributed by atoms with van der Waals surface area (Å²) in [6, 6.07) is 8.47. The first kappa shape index (κ1) is 15.9. The van der Waals surface area contributed by atoms with E-state index in [-0.39, 0.29) is 0 Å². The molecule has 1 fully saturated rings. The van der Waals surface area contributed by atoms with Gasteiger partial charge in [-0.3, -0.25) is 9.88 Å². The van der Waals surface area contributed by atoms with Gasteiger partial charge in [0.15, 0.2) is 5.82 Å². The lowest BCUT2D eigenvalue weighted by Gasteiger charge is -2.35. The number of pyridine rings is 1. The van der Waals surface area contributed by atoms with Crippen molar-refractivity contribution in [1.82, 2.24) is 29.8 Å². The van der Waals surface area contributed by atoms with Crippen LogP contribution in [-0.4, -0.2) is 36.4 Å². The minimum Gasteiger partial charge on any atom is -0.343 e. The first-order valence-corrected chi connectivity index (χ1v) is 8.79. The van der Waals surface area contributed by atoms with E-state index in [0.29, 0.717) is 6.04 Å². The second-order valence-electron chi connectivity index (χ2n) is 6.47. The molecule has 1 aliphatic heterocycles. The van der Waals surface area contributed by atoms with Crippen molar-refractivity contribution in [1.29, 1.82) is 0 Å². The van der Waals surface area contributed by atoms with E-state index in [1.165, 1.54) is 12.8 Å². The van der Waals surface area contributed by atoms with Gasteiger partial charge in [-0.1, -0.05) is 12.5 Å². The van der Waals surface area contributed by atoms with Crippen LogP contribution < -0.4 is 0 Å². The van der Waals surface area contributed by atoms with Crippen molar-refractivity contribution in [3.8, 4) is 11.5 Å². The molecule has 128 valence electrons. The van der Waals surface area contributed by atoms with Gasteiger partial charge in [-0.2, -0.15) is 0 Å². The summed E-state index contributed by atoms with van der Waals surface area (Å²) in [5, 5.41) is 0. The molecule has 0 amide bonds. The first-order valence-electron chi connectivity index (χ1n) is 8.79. The summed E-state index contributed by atoms with van der Waals surface area (Å²) in [6.07, 6.45) is 8.99. The predicted molar refractivity (Wildman–Crippen MR) is 95.6 cm³/mol. The van der Waals surface area contributed by atoms with Crippen LogP contribution in [0.15, 0.2) is 42.9 Å². The highest BCUT2D eigenvalue weighted by molar-refractivity contribution is 5.49. The van der Waals surface area contributed by atoms with Crippen LogP contribution in [0.3, 0.4) is 0 Å². The van der Waals surface area contributed by atoms with Crippen molar-refractivity contribution >= 4 is 0 Å². The Balaban J connectivity index is 1.64. The molecule has 3 aromatic heterocycles. The number of likely N-dealkylation sites (tertiary alicyclic amines) is 1. The number of rotatable bonds is 4. The molecule has 0 unspecified atom stereocenters. The lowest BCUT2D eigenvalue weighted by atomic mass is 9.98. The number of nitrogens with zero attached hydrogens (tertiary/aromatic N) is 5. The third-order valence-electron chi connectivity index (χ3n) is 4.64. The smallest absolute Gasteiger partial charge is 0.156 e. The number of piperidine rings is 1. The molecule has 4 rings (SSSR count). The highest BCUT2D eigenvalue weighted by Crippen LogP contribution is 2.32. The number of H-pyrrole nitrogens is 1. The van der Waals surface area contributed by atoms with Crippen LogP contribution in [0.5, 0.6) is 0 Å². The SMILES string of the molecule is Cc1nc(-c2ncc[nH]2)cc([C@H]2CCCCN2Cc2ccccn2)n1. The maximum Gasteiger partial charge on any atom is 0.156 e. The largest absolute Gasteiger partial charge is 0.343 e. The average Bonchev–Trinajstić information content (AvgIpc) is 3.17. The standard InChI is InChI=1S/C19H22N6/c1-14-23-16(12-17(24-14)19-21-9-10-22-19)18-7-3-5-11-25(18)13-15-6-2-4-8-20-15/h2,4,6,8-10,12,18H,3,5,7,11,13H2,1H3,(H,21,22)/t18-/m1/s1. The highest BCUT2D eigenvalue weighted by atomic mass is 15.2. The fraction of sp³-hybridized carbons (Fsp3) is 0.368. The molecule has 1 saturated heterocycles. The van der Waals surface area contributed by atoms with Gasteiger partial charge in [0, 0.05) is 25.1 Å². The van der Waals surface area contributed by atoms with Gasteiger partial charge in [0.1, 0.15) is 11.5 Å². The van der Waals surface area contributed by atoms with E-state index in [4.69, 9.17) is 4.98 Å². The summed E-state index contributed by atoms with van der Waals surface area (Å²) in [4.78, 5) is 23.7. The Morgan fingerprint density at radius 3 is 2.92 bits per heavy atom. The second kappa shape index (κ2) is 7.11. The Bertz CT molecular complexity index is 815. The number of hydrogen-bond acceptors (Lipinski definition) is 5. The van der Waals surface area contributed by atoms with Crippen molar-refractivity contribution in [2.24, 2.45) is 0 Å². The van der Waals surface area contributed by atoms with Crippen molar-refractivity contribution in [3.05, 3.63) is 60.1 Å². The van der Waals surface area contributed by atoms with Gasteiger partial charge >= 0.3 is 0 Å². The van der Waals surface area contributed by atoms with Crippen molar-refractivity contribution in [2.75, 3.05) is 6.54 Å². The van der Waals surface area contributed by atoms with E-state index in [9.17, 15) is 0 Å². The summed E-state index contributed by atoms with van der Waals surface area (Å²) >= 11 is 0. The Morgan fingerprint density at radius 1 is 1.16 bits per heavy atom. The summed E-state index contributed by atoms with van der Waals surface area (Å²) in [5.74, 6) is 1.58. The zero-order chi connectivity index (χ0) is 17.1. The van der Waals surface area contributed by atoms with E-state index in [0.717, 1.165) is 48.2 Å². The number of imidazole rings is 1. The van der Waals surface area contributed by atoms with Crippen molar-refractivity contribution < 1.29 is 0 Å². The van der Waals surface area contributed by atoms with Crippen LogP contribution in [0.25, 0.3) is 11.5 Å². The molecule has 0 aliphatic carbocycles. The lowest BCUT2D eigenvalue weighted by molar-refractivity contribution is 0.135. The molecule has 6 heteroatoms. The quantitative estimate of drug-likeness (QED) is 0.793. The topological polar surface area (TPSA) is 70.6 Å². The predicted octanol–water partition coefficient (Wildman–Crippen LogP) is 3.30. The molecular weight excluding hydrogens is 312 g/mol. The highest BCUT2D eigenvalue weighted by Gasteiger charge is 2.26.